The van der Waals surface area contributed by atoms with E-state index in [1.165, 1.54) is 12.4 Å². The molecule has 0 fully saturated rings. The number of halogens is 4. The van der Waals surface area contributed by atoms with Crippen molar-refractivity contribution in [3.63, 3.8) is 0 Å². The number of aromatic amines is 1. The molecule has 1 atom stereocenters. The van der Waals surface area contributed by atoms with Gasteiger partial charge in [0.25, 0.3) is 0 Å². The maximum Gasteiger partial charge on any atom is 0.418 e. The monoisotopic (exact) mass is 467 g/mol. The SMILES string of the molecule is Cc1cnc(-c2nncn2-c2cc[nH]n2)c(N[S+]([O-])c2ccc(Cl)c(C(F)(F)F)c2)c1. The number of aryl methyl sites for hydroxylation is 1. The Bertz CT molecular complexity index is 1210. The minimum Gasteiger partial charge on any atom is -0.588 e. The first kappa shape index (κ1) is 21.2. The van der Waals surface area contributed by atoms with Gasteiger partial charge in [-0.1, -0.05) is 11.6 Å². The zero-order valence-electron chi connectivity index (χ0n) is 15.7. The predicted octanol–water partition coefficient (Wildman–Crippen LogP) is 4.17. The van der Waals surface area contributed by atoms with Crippen molar-refractivity contribution in [1.82, 2.24) is 29.9 Å². The zero-order chi connectivity index (χ0) is 22.2. The molecule has 31 heavy (non-hydrogen) atoms. The van der Waals surface area contributed by atoms with Crippen LogP contribution in [0.5, 0.6) is 0 Å². The second kappa shape index (κ2) is 8.21. The molecule has 8 nitrogen and oxygen atoms in total. The molecule has 1 aromatic carbocycles. The fourth-order valence-electron chi connectivity index (χ4n) is 2.77. The molecule has 0 radical (unpaired) electrons. The number of hydrogen-bond donors (Lipinski definition) is 2. The van der Waals surface area contributed by atoms with E-state index in [1.807, 2.05) is 0 Å². The Labute approximate surface area is 181 Å². The van der Waals surface area contributed by atoms with Crippen molar-refractivity contribution < 1.29 is 17.7 Å². The molecule has 0 spiro atoms. The summed E-state index contributed by atoms with van der Waals surface area (Å²) < 4.78 is 56.6. The maximum absolute atomic E-state index is 13.2. The summed E-state index contributed by atoms with van der Waals surface area (Å²) in [5, 5.41) is 14.2. The third-order valence-corrected chi connectivity index (χ3v) is 5.59. The lowest BCUT2D eigenvalue weighted by atomic mass is 10.2. The zero-order valence-corrected chi connectivity index (χ0v) is 17.3. The molecule has 0 saturated carbocycles. The predicted molar refractivity (Wildman–Crippen MR) is 108 cm³/mol. The minimum absolute atomic E-state index is 0.0991. The van der Waals surface area contributed by atoms with Gasteiger partial charge in [0.15, 0.2) is 16.5 Å². The number of rotatable bonds is 5. The van der Waals surface area contributed by atoms with Crippen LogP contribution < -0.4 is 4.72 Å². The van der Waals surface area contributed by atoms with Gasteiger partial charge in [-0.15, -0.1) is 10.2 Å². The van der Waals surface area contributed by atoms with Crippen LogP contribution in [0.15, 0.2) is 53.9 Å². The average Bonchev–Trinajstić information content (AvgIpc) is 3.39. The first-order chi connectivity index (χ1) is 14.7. The number of pyridine rings is 1. The smallest absolute Gasteiger partial charge is 0.418 e. The van der Waals surface area contributed by atoms with Crippen LogP contribution in [0.1, 0.15) is 11.1 Å². The van der Waals surface area contributed by atoms with Crippen LogP contribution in [0.3, 0.4) is 0 Å². The Balaban J connectivity index is 1.71. The lowest BCUT2D eigenvalue weighted by molar-refractivity contribution is -0.137. The van der Waals surface area contributed by atoms with E-state index in [0.29, 0.717) is 23.0 Å². The van der Waals surface area contributed by atoms with E-state index < -0.39 is 28.1 Å². The quantitative estimate of drug-likeness (QED) is 0.427. The molecule has 1 unspecified atom stereocenters. The van der Waals surface area contributed by atoms with E-state index in [-0.39, 0.29) is 4.90 Å². The molecule has 13 heteroatoms. The van der Waals surface area contributed by atoms with Gasteiger partial charge in [0.2, 0.25) is 0 Å². The molecule has 0 amide bonds. The van der Waals surface area contributed by atoms with Crippen molar-refractivity contribution in [1.29, 1.82) is 0 Å². The van der Waals surface area contributed by atoms with Gasteiger partial charge in [-0.3, -0.25) is 14.6 Å². The number of benzene rings is 1. The molecule has 3 aromatic heterocycles. The lowest BCUT2D eigenvalue weighted by Crippen LogP contribution is -2.16. The molecule has 0 aliphatic carbocycles. The van der Waals surface area contributed by atoms with E-state index in [9.17, 15) is 17.7 Å². The Morgan fingerprint density at radius 3 is 2.74 bits per heavy atom. The maximum atomic E-state index is 13.2. The number of nitrogens with zero attached hydrogens (tertiary/aromatic N) is 5. The van der Waals surface area contributed by atoms with Crippen molar-refractivity contribution >= 4 is 28.7 Å². The molecule has 3 heterocycles. The van der Waals surface area contributed by atoms with Gasteiger partial charge in [0, 0.05) is 24.5 Å². The van der Waals surface area contributed by atoms with Crippen molar-refractivity contribution in [2.45, 2.75) is 18.0 Å². The standard InChI is InChI=1S/C18H13ClF3N7OS/c1-10-6-14(28-31(30)11-2-3-13(19)12(7-11)18(20,21)22)16(23-8-10)17-27-25-9-29(17)15-4-5-24-26-15/h2-9,28H,1H3,(H,24,26). The van der Waals surface area contributed by atoms with Crippen molar-refractivity contribution in [2.24, 2.45) is 0 Å². The highest BCUT2D eigenvalue weighted by molar-refractivity contribution is 7.92. The second-order valence-electron chi connectivity index (χ2n) is 6.38. The molecule has 0 bridgehead atoms. The summed E-state index contributed by atoms with van der Waals surface area (Å²) in [6, 6.07) is 6.42. The number of aromatic nitrogens is 6. The largest absolute Gasteiger partial charge is 0.588 e. The van der Waals surface area contributed by atoms with Crippen LogP contribution >= 0.6 is 11.6 Å². The third kappa shape index (κ3) is 4.36. The van der Waals surface area contributed by atoms with Crippen LogP contribution in [-0.4, -0.2) is 34.5 Å². The number of anilines is 1. The van der Waals surface area contributed by atoms with Crippen LogP contribution in [0, 0.1) is 6.92 Å². The Morgan fingerprint density at radius 1 is 1.23 bits per heavy atom. The summed E-state index contributed by atoms with van der Waals surface area (Å²) in [6.45, 7) is 1.77. The van der Waals surface area contributed by atoms with E-state index in [1.54, 1.807) is 36.0 Å². The third-order valence-electron chi connectivity index (χ3n) is 4.18. The van der Waals surface area contributed by atoms with Crippen LogP contribution in [0.25, 0.3) is 17.3 Å². The molecule has 2 N–H and O–H groups in total. The summed E-state index contributed by atoms with van der Waals surface area (Å²) in [7, 11) is 0. The van der Waals surface area contributed by atoms with Gasteiger partial charge < -0.3 is 4.55 Å². The fourth-order valence-corrected chi connectivity index (χ4v) is 3.89. The number of hydrogen-bond acceptors (Lipinski definition) is 6. The van der Waals surface area contributed by atoms with Gasteiger partial charge >= 0.3 is 6.18 Å². The highest BCUT2D eigenvalue weighted by Crippen LogP contribution is 2.36. The number of nitrogens with one attached hydrogen (secondary N) is 2. The first-order valence-corrected chi connectivity index (χ1v) is 10.2. The summed E-state index contributed by atoms with van der Waals surface area (Å²) in [5.41, 5.74) is 0.264. The summed E-state index contributed by atoms with van der Waals surface area (Å²) in [4.78, 5) is 4.25. The minimum atomic E-state index is -4.67. The normalized spacial score (nSPS) is 12.7. The highest BCUT2D eigenvalue weighted by atomic mass is 35.5. The number of alkyl halides is 3. The van der Waals surface area contributed by atoms with Crippen molar-refractivity contribution in [3.8, 4) is 17.3 Å². The Hall–Kier alpha value is -3.09. The van der Waals surface area contributed by atoms with Gasteiger partial charge in [-0.05, 0) is 30.7 Å². The van der Waals surface area contributed by atoms with Gasteiger partial charge in [0.05, 0.1) is 10.6 Å². The molecule has 0 aliphatic rings. The van der Waals surface area contributed by atoms with Gasteiger partial charge in [0.1, 0.15) is 29.1 Å². The molecule has 0 saturated heterocycles. The molecular formula is C18H13ClF3N7OS. The molecular weight excluding hydrogens is 455 g/mol. The topological polar surface area (TPSA) is 107 Å². The highest BCUT2D eigenvalue weighted by Gasteiger charge is 2.35. The Kier molecular flexibility index (Phi) is 5.60. The van der Waals surface area contributed by atoms with E-state index in [0.717, 1.165) is 17.7 Å². The van der Waals surface area contributed by atoms with Gasteiger partial charge in [-0.2, -0.15) is 18.3 Å². The average molecular weight is 468 g/mol. The van der Waals surface area contributed by atoms with Crippen LogP contribution in [0.4, 0.5) is 18.9 Å². The molecule has 4 aromatic rings. The van der Waals surface area contributed by atoms with Crippen LogP contribution in [0.2, 0.25) is 5.02 Å². The molecule has 4 rings (SSSR count). The fraction of sp³-hybridized carbons (Fsp3) is 0.111. The van der Waals surface area contributed by atoms with E-state index >= 15 is 0 Å². The summed E-state index contributed by atoms with van der Waals surface area (Å²) in [5.74, 6) is 0.806. The van der Waals surface area contributed by atoms with Crippen molar-refractivity contribution in [3.05, 3.63) is 65.2 Å². The molecule has 0 aliphatic heterocycles. The summed E-state index contributed by atoms with van der Waals surface area (Å²) >= 11 is 3.61. The first-order valence-electron chi connectivity index (χ1n) is 8.66. The van der Waals surface area contributed by atoms with Gasteiger partial charge in [-0.25, -0.2) is 4.72 Å². The number of H-pyrrole nitrogens is 1. The van der Waals surface area contributed by atoms with E-state index in [4.69, 9.17) is 11.6 Å². The molecule has 160 valence electrons. The van der Waals surface area contributed by atoms with Crippen molar-refractivity contribution in [2.75, 3.05) is 4.72 Å². The summed E-state index contributed by atoms with van der Waals surface area (Å²) in [6.07, 6.45) is -0.0400. The van der Waals surface area contributed by atoms with E-state index in [2.05, 4.69) is 30.1 Å². The Morgan fingerprint density at radius 2 is 2.03 bits per heavy atom. The van der Waals surface area contributed by atoms with Crippen LogP contribution in [-0.2, 0) is 17.5 Å². The lowest BCUT2D eigenvalue weighted by Gasteiger charge is -2.16. The second-order valence-corrected chi connectivity index (χ2v) is 8.00.